The first-order valence-corrected chi connectivity index (χ1v) is 9.83. The van der Waals surface area contributed by atoms with E-state index in [0.717, 1.165) is 12.3 Å². The van der Waals surface area contributed by atoms with Crippen molar-refractivity contribution in [3.63, 3.8) is 0 Å². The minimum Gasteiger partial charge on any atom is -0.477 e. The highest BCUT2D eigenvalue weighted by Gasteiger charge is 2.36. The molecule has 1 rings (SSSR count). The zero-order chi connectivity index (χ0) is 18.4. The van der Waals surface area contributed by atoms with Gasteiger partial charge in [-0.2, -0.15) is 0 Å². The van der Waals surface area contributed by atoms with Crippen LogP contribution in [0.5, 0.6) is 0 Å². The van der Waals surface area contributed by atoms with E-state index in [4.69, 9.17) is 5.73 Å². The molecule has 3 N–H and O–H groups in total. The predicted octanol–water partition coefficient (Wildman–Crippen LogP) is 4.21. The summed E-state index contributed by atoms with van der Waals surface area (Å²) in [6.45, 7) is 3.28. The molecule has 5 nitrogen and oxygen atoms in total. The van der Waals surface area contributed by atoms with Crippen LogP contribution in [0, 0.1) is 0 Å². The van der Waals surface area contributed by atoms with Crippen LogP contribution in [0.4, 0.5) is 0 Å². The quantitative estimate of drug-likeness (QED) is 0.264. The minimum atomic E-state index is -0.824. The van der Waals surface area contributed by atoms with Crippen LogP contribution in [-0.2, 0) is 4.79 Å². The van der Waals surface area contributed by atoms with Crippen molar-refractivity contribution >= 4 is 11.8 Å². The summed E-state index contributed by atoms with van der Waals surface area (Å²) < 4.78 is 0.258. The van der Waals surface area contributed by atoms with Crippen LogP contribution in [0.15, 0.2) is 29.5 Å². The molecule has 0 aliphatic carbocycles. The average molecular weight is 351 g/mol. The summed E-state index contributed by atoms with van der Waals surface area (Å²) in [6.07, 6.45) is 20.3. The second-order valence-electron chi connectivity index (χ2n) is 6.88. The number of aliphatic carboxylic acids is 1. The predicted molar refractivity (Wildman–Crippen MR) is 104 cm³/mol. The van der Waals surface area contributed by atoms with Gasteiger partial charge >= 0.3 is 5.97 Å². The molecule has 0 radical (unpaired) electrons. The van der Waals surface area contributed by atoms with E-state index in [-0.39, 0.29) is 11.0 Å². The third kappa shape index (κ3) is 8.45. The number of amidine groups is 1. The van der Waals surface area contributed by atoms with Crippen molar-refractivity contribution in [3.05, 3.63) is 24.6 Å². The first kappa shape index (κ1) is 21.6. The Hall–Kier alpha value is -1.46. The molecule has 0 amide bonds. The molecule has 0 aromatic carbocycles. The van der Waals surface area contributed by atoms with E-state index in [1.807, 2.05) is 6.20 Å². The summed E-state index contributed by atoms with van der Waals surface area (Å²) in [4.78, 5) is 15.6. The summed E-state index contributed by atoms with van der Waals surface area (Å²) in [5.41, 5.74) is 5.68. The Kier molecular flexibility index (Phi) is 11.1. The largest absolute Gasteiger partial charge is 0.477 e. The zero-order valence-electron chi connectivity index (χ0n) is 15.8. The number of aliphatic imine (C=N–C) groups is 1. The first-order chi connectivity index (χ1) is 12.1. The lowest BCUT2D eigenvalue weighted by Crippen LogP contribution is -2.52. The van der Waals surface area contributed by atoms with Crippen molar-refractivity contribution in [1.29, 1.82) is 0 Å². The van der Waals surface area contributed by atoms with E-state index >= 15 is 0 Å². The van der Waals surface area contributed by atoms with Gasteiger partial charge in [-0.05, 0) is 12.8 Å². The number of rotatable bonds is 15. The van der Waals surface area contributed by atoms with Gasteiger partial charge in [-0.25, -0.2) is 14.3 Å². The van der Waals surface area contributed by atoms with E-state index in [1.165, 1.54) is 51.4 Å². The lowest BCUT2D eigenvalue weighted by atomic mass is 10.1. The summed E-state index contributed by atoms with van der Waals surface area (Å²) >= 11 is 0. The number of nitrogens with two attached hydrogens (primary N) is 1. The first-order valence-electron chi connectivity index (χ1n) is 9.83. The Morgan fingerprint density at radius 3 is 2.48 bits per heavy atom. The molecule has 1 unspecified atom stereocenters. The lowest BCUT2D eigenvalue weighted by Gasteiger charge is -2.29. The lowest BCUT2D eigenvalue weighted by molar-refractivity contribution is -0.777. The third-order valence-electron chi connectivity index (χ3n) is 4.73. The van der Waals surface area contributed by atoms with Gasteiger partial charge < -0.3 is 10.8 Å². The number of nitrogens with zero attached hydrogens (tertiary/aromatic N) is 2. The number of carbonyl (C=O) groups is 1. The van der Waals surface area contributed by atoms with Crippen LogP contribution in [0.25, 0.3) is 0 Å². The van der Waals surface area contributed by atoms with Crippen molar-refractivity contribution < 1.29 is 14.4 Å². The molecule has 142 valence electrons. The number of quaternary nitrogens is 1. The molecule has 1 heterocycles. The van der Waals surface area contributed by atoms with Crippen molar-refractivity contribution in [2.24, 2.45) is 10.7 Å². The van der Waals surface area contributed by atoms with E-state index in [9.17, 15) is 9.90 Å². The zero-order valence-corrected chi connectivity index (χ0v) is 15.8. The number of hydrogen-bond donors (Lipinski definition) is 2. The van der Waals surface area contributed by atoms with Crippen molar-refractivity contribution in [2.75, 3.05) is 19.6 Å². The monoisotopic (exact) mass is 350 g/mol. The standard InChI is InChI=1S/C20H35N3O2/c1-2-3-4-5-6-7-8-9-10-11-12-13-19-22-15-17-23(19,16-14-21)18-20(24)25/h11-12,15,17H,2-10,13-14,16,18,21H2,1H3/p+1/b12-11+. The van der Waals surface area contributed by atoms with Gasteiger partial charge in [0.05, 0.1) is 12.6 Å². The van der Waals surface area contributed by atoms with Crippen LogP contribution >= 0.6 is 0 Å². The van der Waals surface area contributed by atoms with Gasteiger partial charge in [0.2, 0.25) is 5.84 Å². The maximum atomic E-state index is 11.2. The molecular weight excluding hydrogens is 314 g/mol. The van der Waals surface area contributed by atoms with Gasteiger partial charge in [0, 0.05) is 6.54 Å². The normalized spacial score (nSPS) is 19.7. The fourth-order valence-electron chi connectivity index (χ4n) is 3.28. The average Bonchev–Trinajstić information content (AvgIpc) is 2.94. The van der Waals surface area contributed by atoms with Gasteiger partial charge in [-0.3, -0.25) is 0 Å². The van der Waals surface area contributed by atoms with E-state index in [0.29, 0.717) is 19.5 Å². The molecular formula is C20H36N3O2+. The molecule has 1 aliphatic rings. The fourth-order valence-corrected chi connectivity index (χ4v) is 3.28. The molecule has 1 atom stereocenters. The maximum Gasteiger partial charge on any atom is 0.360 e. The van der Waals surface area contributed by atoms with E-state index in [1.54, 1.807) is 6.20 Å². The second kappa shape index (κ2) is 12.8. The molecule has 0 saturated carbocycles. The Morgan fingerprint density at radius 1 is 1.16 bits per heavy atom. The number of carboxylic acids is 1. The summed E-state index contributed by atoms with van der Waals surface area (Å²) in [6, 6.07) is 0. The highest BCUT2D eigenvalue weighted by molar-refractivity contribution is 5.82. The topological polar surface area (TPSA) is 75.7 Å². The number of carboxylic acid groups (broad SMARTS) is 1. The fraction of sp³-hybridized carbons (Fsp3) is 0.700. The van der Waals surface area contributed by atoms with Crippen LogP contribution in [0.1, 0.15) is 71.1 Å². The highest BCUT2D eigenvalue weighted by Crippen LogP contribution is 2.19. The van der Waals surface area contributed by atoms with Crippen molar-refractivity contribution in [1.82, 2.24) is 0 Å². The number of unbranched alkanes of at least 4 members (excludes halogenated alkanes) is 8. The van der Waals surface area contributed by atoms with Gasteiger partial charge in [0.25, 0.3) is 0 Å². The molecule has 0 fully saturated rings. The maximum absolute atomic E-state index is 11.2. The smallest absolute Gasteiger partial charge is 0.360 e. The summed E-state index contributed by atoms with van der Waals surface area (Å²) in [5.74, 6) is 0.0515. The van der Waals surface area contributed by atoms with Gasteiger partial charge in [-0.15, -0.1) is 0 Å². The van der Waals surface area contributed by atoms with Crippen LogP contribution in [0.3, 0.4) is 0 Å². The van der Waals surface area contributed by atoms with Crippen molar-refractivity contribution in [3.8, 4) is 0 Å². The van der Waals surface area contributed by atoms with Gasteiger partial charge in [0.15, 0.2) is 6.54 Å². The Morgan fingerprint density at radius 2 is 1.84 bits per heavy atom. The minimum absolute atomic E-state index is 0.0123. The molecule has 1 aliphatic heterocycles. The number of hydrogen-bond acceptors (Lipinski definition) is 3. The van der Waals surface area contributed by atoms with Crippen LogP contribution < -0.4 is 5.73 Å². The summed E-state index contributed by atoms with van der Waals surface area (Å²) in [5, 5.41) is 9.18. The second-order valence-corrected chi connectivity index (χ2v) is 6.88. The SMILES string of the molecule is CCCCCCCCCC/C=C/CC1=NC=C[N+]1(CCN)CC(=O)O. The highest BCUT2D eigenvalue weighted by atomic mass is 16.4. The van der Waals surface area contributed by atoms with Crippen molar-refractivity contribution in [2.45, 2.75) is 71.1 Å². The third-order valence-corrected chi connectivity index (χ3v) is 4.73. The Bertz CT molecular complexity index is 472. The molecule has 0 spiro atoms. The Balaban J connectivity index is 2.23. The van der Waals surface area contributed by atoms with E-state index in [2.05, 4.69) is 24.1 Å². The van der Waals surface area contributed by atoms with E-state index < -0.39 is 5.97 Å². The molecule has 0 aromatic heterocycles. The Labute approximate surface area is 152 Å². The molecule has 5 heteroatoms. The van der Waals surface area contributed by atoms with Gasteiger partial charge in [0.1, 0.15) is 12.7 Å². The summed E-state index contributed by atoms with van der Waals surface area (Å²) in [7, 11) is 0. The number of allylic oxidation sites excluding steroid dienone is 1. The van der Waals surface area contributed by atoms with Gasteiger partial charge in [-0.1, -0.05) is 64.0 Å². The van der Waals surface area contributed by atoms with Crippen LogP contribution in [-0.4, -0.2) is 41.0 Å². The molecule has 25 heavy (non-hydrogen) atoms. The molecule has 0 saturated heterocycles. The molecule has 0 bridgehead atoms. The van der Waals surface area contributed by atoms with Crippen LogP contribution in [0.2, 0.25) is 0 Å². The molecule has 0 aromatic rings.